The third-order valence-corrected chi connectivity index (χ3v) is 5.66. The Hall–Kier alpha value is -1.60. The van der Waals surface area contributed by atoms with E-state index in [0.717, 1.165) is 4.31 Å². The first-order chi connectivity index (χ1) is 9.27. The van der Waals surface area contributed by atoms with Gasteiger partial charge < -0.3 is 9.84 Å². The Labute approximate surface area is 118 Å². The topological polar surface area (TPSA) is 83.9 Å². The van der Waals surface area contributed by atoms with Crippen molar-refractivity contribution >= 4 is 21.6 Å². The summed E-state index contributed by atoms with van der Waals surface area (Å²) in [5.41, 5.74) is 0.666. The summed E-state index contributed by atoms with van der Waals surface area (Å²) in [6, 6.07) is 4.50. The fourth-order valence-electron chi connectivity index (χ4n) is 2.02. The van der Waals surface area contributed by atoms with Gasteiger partial charge in [0.15, 0.2) is 4.75 Å². The van der Waals surface area contributed by atoms with Crippen LogP contribution in [0.2, 0.25) is 0 Å². The van der Waals surface area contributed by atoms with Gasteiger partial charge in [-0.2, -0.15) is 0 Å². The number of carbonyl (C=O) groups is 1. The Bertz CT molecular complexity index is 651. The van der Waals surface area contributed by atoms with E-state index < -0.39 is 20.7 Å². The highest BCUT2D eigenvalue weighted by atomic mass is 32.2. The average Bonchev–Trinajstić information content (AvgIpc) is 2.40. The minimum Gasteiger partial charge on any atom is -0.494 e. The smallest absolute Gasteiger partial charge is 0.263 e. The van der Waals surface area contributed by atoms with Crippen LogP contribution in [0.15, 0.2) is 18.2 Å². The van der Waals surface area contributed by atoms with E-state index in [9.17, 15) is 18.3 Å². The van der Waals surface area contributed by atoms with Gasteiger partial charge in [-0.1, -0.05) is 0 Å². The first-order valence-corrected chi connectivity index (χ1v) is 7.67. The third kappa shape index (κ3) is 1.89. The standard InChI is InChI=1S/C13H17NO5S/c1-4-19-11-6-5-10(7-9(11)8-15)14-12(16)13(2,3)20(14,17)18/h5-7,15H,4,8H2,1-3H3. The highest BCUT2D eigenvalue weighted by Crippen LogP contribution is 2.40. The zero-order chi connectivity index (χ0) is 15.1. The summed E-state index contributed by atoms with van der Waals surface area (Å²) in [6.07, 6.45) is 0. The molecule has 0 radical (unpaired) electrons. The highest BCUT2D eigenvalue weighted by molar-refractivity contribution is 7.98. The lowest BCUT2D eigenvalue weighted by molar-refractivity contribution is -0.120. The summed E-state index contributed by atoms with van der Waals surface area (Å²) in [4.78, 5) is 12.0. The van der Waals surface area contributed by atoms with Crippen LogP contribution in [0, 0.1) is 0 Å². The first-order valence-electron chi connectivity index (χ1n) is 6.23. The first kappa shape index (κ1) is 14.8. The van der Waals surface area contributed by atoms with Crippen molar-refractivity contribution in [3.05, 3.63) is 23.8 Å². The molecule has 0 spiro atoms. The van der Waals surface area contributed by atoms with Gasteiger partial charge in [-0.3, -0.25) is 4.79 Å². The monoisotopic (exact) mass is 299 g/mol. The summed E-state index contributed by atoms with van der Waals surface area (Å²) in [7, 11) is -3.69. The molecule has 6 nitrogen and oxygen atoms in total. The summed E-state index contributed by atoms with van der Waals surface area (Å²) < 4.78 is 28.9. The number of nitrogens with zero attached hydrogens (tertiary/aromatic N) is 1. The molecule has 1 aromatic carbocycles. The normalized spacial score (nSPS) is 19.6. The van der Waals surface area contributed by atoms with E-state index in [1.165, 1.54) is 26.0 Å². The van der Waals surface area contributed by atoms with Gasteiger partial charge in [-0.25, -0.2) is 12.7 Å². The van der Waals surface area contributed by atoms with Crippen LogP contribution in [0.3, 0.4) is 0 Å². The number of rotatable bonds is 4. The second-order valence-corrected chi connectivity index (χ2v) is 7.30. The molecule has 110 valence electrons. The van der Waals surface area contributed by atoms with Gasteiger partial charge in [-0.05, 0) is 39.0 Å². The van der Waals surface area contributed by atoms with Crippen LogP contribution in [0.5, 0.6) is 5.75 Å². The number of aliphatic hydroxyl groups is 1. The van der Waals surface area contributed by atoms with Crippen LogP contribution in [0.25, 0.3) is 0 Å². The van der Waals surface area contributed by atoms with Crippen LogP contribution < -0.4 is 9.04 Å². The quantitative estimate of drug-likeness (QED) is 0.898. The lowest BCUT2D eigenvalue weighted by Gasteiger charge is -2.43. The van der Waals surface area contributed by atoms with Gasteiger partial charge in [0.05, 0.1) is 18.9 Å². The molecule has 1 amide bonds. The Kier molecular flexibility index (Phi) is 3.51. The van der Waals surface area contributed by atoms with Crippen molar-refractivity contribution in [1.82, 2.24) is 0 Å². The molecule has 0 saturated carbocycles. The Morgan fingerprint density at radius 2 is 2.00 bits per heavy atom. The number of amides is 1. The van der Waals surface area contributed by atoms with Crippen molar-refractivity contribution in [2.75, 3.05) is 10.9 Å². The van der Waals surface area contributed by atoms with E-state index in [1.54, 1.807) is 13.0 Å². The van der Waals surface area contributed by atoms with E-state index in [-0.39, 0.29) is 12.3 Å². The fourth-order valence-corrected chi connectivity index (χ4v) is 3.50. The fraction of sp³-hybridized carbons (Fsp3) is 0.462. The molecule has 0 aromatic heterocycles. The zero-order valence-electron chi connectivity index (χ0n) is 11.6. The third-order valence-electron chi connectivity index (χ3n) is 3.33. The SMILES string of the molecule is CCOc1ccc(N2C(=O)C(C)(C)S2(=O)=O)cc1CO. The Balaban J connectivity index is 2.43. The minimum atomic E-state index is -3.69. The average molecular weight is 299 g/mol. The summed E-state index contributed by atoms with van der Waals surface area (Å²) >= 11 is 0. The maximum Gasteiger partial charge on any atom is 0.263 e. The summed E-state index contributed by atoms with van der Waals surface area (Å²) in [6.45, 7) is 4.70. The minimum absolute atomic E-state index is 0.224. The molecule has 1 N–H and O–H groups in total. The number of aliphatic hydroxyl groups excluding tert-OH is 1. The molecule has 1 aliphatic rings. The molecule has 1 aromatic rings. The summed E-state index contributed by atoms with van der Waals surface area (Å²) in [5.74, 6) is -0.00562. The maximum atomic E-state index is 12.1. The van der Waals surface area contributed by atoms with Gasteiger partial charge in [0.1, 0.15) is 5.75 Å². The number of benzene rings is 1. The second-order valence-electron chi connectivity index (χ2n) is 4.97. The largest absolute Gasteiger partial charge is 0.494 e. The number of sulfonamides is 1. The van der Waals surface area contributed by atoms with Crippen LogP contribution in [-0.2, 0) is 21.4 Å². The molecular formula is C13H17NO5S. The number of anilines is 1. The van der Waals surface area contributed by atoms with Crippen molar-refractivity contribution in [2.24, 2.45) is 0 Å². The molecule has 7 heteroatoms. The highest BCUT2D eigenvalue weighted by Gasteiger charge is 2.60. The predicted octanol–water partition coefficient (Wildman–Crippen LogP) is 1.03. The number of carbonyl (C=O) groups excluding carboxylic acids is 1. The maximum absolute atomic E-state index is 12.1. The molecule has 1 heterocycles. The Morgan fingerprint density at radius 1 is 1.35 bits per heavy atom. The second kappa shape index (κ2) is 4.75. The molecule has 20 heavy (non-hydrogen) atoms. The zero-order valence-corrected chi connectivity index (χ0v) is 12.4. The number of hydrogen-bond acceptors (Lipinski definition) is 5. The predicted molar refractivity (Wildman–Crippen MR) is 74.0 cm³/mol. The van der Waals surface area contributed by atoms with Crippen molar-refractivity contribution in [1.29, 1.82) is 0 Å². The van der Waals surface area contributed by atoms with Crippen LogP contribution in [-0.4, -0.2) is 30.8 Å². The van der Waals surface area contributed by atoms with Gasteiger partial charge in [-0.15, -0.1) is 0 Å². The molecule has 0 bridgehead atoms. The lowest BCUT2D eigenvalue weighted by atomic mass is 10.1. The molecular weight excluding hydrogens is 282 g/mol. The molecule has 0 unspecified atom stereocenters. The van der Waals surface area contributed by atoms with E-state index in [1.807, 2.05) is 0 Å². The number of ether oxygens (including phenoxy) is 1. The molecule has 1 saturated heterocycles. The van der Waals surface area contributed by atoms with E-state index in [4.69, 9.17) is 4.74 Å². The van der Waals surface area contributed by atoms with E-state index in [2.05, 4.69) is 0 Å². The number of hydrogen-bond donors (Lipinski definition) is 1. The molecule has 1 aliphatic heterocycles. The van der Waals surface area contributed by atoms with Gasteiger partial charge >= 0.3 is 0 Å². The molecule has 0 atom stereocenters. The van der Waals surface area contributed by atoms with Gasteiger partial charge in [0.2, 0.25) is 0 Å². The van der Waals surface area contributed by atoms with Crippen molar-refractivity contribution in [3.63, 3.8) is 0 Å². The van der Waals surface area contributed by atoms with Gasteiger partial charge in [0.25, 0.3) is 15.9 Å². The molecule has 2 rings (SSSR count). The van der Waals surface area contributed by atoms with E-state index in [0.29, 0.717) is 17.9 Å². The van der Waals surface area contributed by atoms with Gasteiger partial charge in [0, 0.05) is 5.56 Å². The van der Waals surface area contributed by atoms with Crippen molar-refractivity contribution in [3.8, 4) is 5.75 Å². The molecule has 0 aliphatic carbocycles. The van der Waals surface area contributed by atoms with E-state index >= 15 is 0 Å². The van der Waals surface area contributed by atoms with Crippen LogP contribution in [0.1, 0.15) is 26.3 Å². The van der Waals surface area contributed by atoms with Crippen molar-refractivity contribution < 1.29 is 23.1 Å². The lowest BCUT2D eigenvalue weighted by Crippen LogP contribution is -2.67. The van der Waals surface area contributed by atoms with Crippen molar-refractivity contribution in [2.45, 2.75) is 32.1 Å². The van der Waals surface area contributed by atoms with Crippen LogP contribution in [0.4, 0.5) is 5.69 Å². The van der Waals surface area contributed by atoms with Crippen LogP contribution >= 0.6 is 0 Å². The summed E-state index contributed by atoms with van der Waals surface area (Å²) in [5, 5.41) is 9.31. The molecule has 1 fully saturated rings. The Morgan fingerprint density at radius 3 is 2.50 bits per heavy atom.